The number of benzene rings is 2. The number of nitrogens with zero attached hydrogens (tertiary/aromatic N) is 1. The fourth-order valence-electron chi connectivity index (χ4n) is 2.34. The Balaban J connectivity index is 2.10. The molecule has 0 fully saturated rings. The van der Waals surface area contributed by atoms with Gasteiger partial charge in [-0.15, -0.1) is 0 Å². The third-order valence-corrected chi connectivity index (χ3v) is 3.86. The first-order valence-corrected chi connectivity index (χ1v) is 8.04. The van der Waals surface area contributed by atoms with Gasteiger partial charge in [0.15, 0.2) is 6.61 Å². The summed E-state index contributed by atoms with van der Waals surface area (Å²) in [6.07, 6.45) is 0. The molecule has 0 aliphatic rings. The Morgan fingerprint density at radius 3 is 2.12 bits per heavy atom. The minimum absolute atomic E-state index is 0.125. The summed E-state index contributed by atoms with van der Waals surface area (Å²) in [4.78, 5) is 25.9. The van der Waals surface area contributed by atoms with E-state index in [1.807, 2.05) is 0 Å². The number of likely N-dealkylation sites (N-methyl/N-ethyl adjacent to an activating group) is 1. The highest BCUT2D eigenvalue weighted by Gasteiger charge is 2.25. The van der Waals surface area contributed by atoms with Crippen molar-refractivity contribution in [2.75, 3.05) is 13.7 Å². The third kappa shape index (κ3) is 5.27. The summed E-state index contributed by atoms with van der Waals surface area (Å²) in [5.41, 5.74) is 0.678. The van der Waals surface area contributed by atoms with Crippen LogP contribution in [0.15, 0.2) is 48.5 Å². The molecule has 1 N–H and O–H groups in total. The lowest BCUT2D eigenvalue weighted by atomic mass is 10.1. The minimum atomic E-state index is -0.741. The summed E-state index contributed by atoms with van der Waals surface area (Å²) < 4.78 is 31.4. The summed E-state index contributed by atoms with van der Waals surface area (Å²) in [5, 5.41) is 2.50. The van der Waals surface area contributed by atoms with Gasteiger partial charge in [0.1, 0.15) is 23.4 Å². The largest absolute Gasteiger partial charge is 0.484 e. The van der Waals surface area contributed by atoms with E-state index in [-0.39, 0.29) is 24.9 Å². The summed E-state index contributed by atoms with van der Waals surface area (Å²) in [7, 11) is 1.48. The van der Waals surface area contributed by atoms with Gasteiger partial charge in [-0.1, -0.05) is 12.1 Å². The molecule has 2 amide bonds. The summed E-state index contributed by atoms with van der Waals surface area (Å²) >= 11 is 0. The van der Waals surface area contributed by atoms with Crippen molar-refractivity contribution in [1.29, 1.82) is 0 Å². The molecule has 1 atom stereocenters. The van der Waals surface area contributed by atoms with Gasteiger partial charge in [0.2, 0.25) is 5.91 Å². The van der Waals surface area contributed by atoms with Gasteiger partial charge in [-0.2, -0.15) is 0 Å². The lowest BCUT2D eigenvalue weighted by Gasteiger charge is -2.28. The Morgan fingerprint density at radius 1 is 1.04 bits per heavy atom. The Hall–Kier alpha value is -2.96. The predicted octanol–water partition coefficient (Wildman–Crippen LogP) is 2.51. The number of nitrogens with one attached hydrogen (secondary N) is 1. The SMILES string of the molecule is CNC(=O)[C@H](C)N(Cc1ccc(F)cc1)C(=O)COc1ccc(F)cc1. The highest BCUT2D eigenvalue weighted by Crippen LogP contribution is 2.14. The molecule has 0 aliphatic heterocycles. The monoisotopic (exact) mass is 362 g/mol. The Morgan fingerprint density at radius 2 is 1.58 bits per heavy atom. The Labute approximate surface area is 150 Å². The molecular weight excluding hydrogens is 342 g/mol. The van der Waals surface area contributed by atoms with E-state index in [1.165, 1.54) is 48.3 Å². The highest BCUT2D eigenvalue weighted by atomic mass is 19.1. The fourth-order valence-corrected chi connectivity index (χ4v) is 2.34. The number of hydrogen-bond donors (Lipinski definition) is 1. The summed E-state index contributed by atoms with van der Waals surface area (Å²) in [6.45, 7) is 1.41. The molecular formula is C19H20F2N2O3. The summed E-state index contributed by atoms with van der Waals surface area (Å²) in [6, 6.07) is 10.2. The molecule has 2 rings (SSSR count). The first-order chi connectivity index (χ1) is 12.4. The number of amides is 2. The van der Waals surface area contributed by atoms with Crippen LogP contribution in [0.3, 0.4) is 0 Å². The molecule has 5 nitrogen and oxygen atoms in total. The molecule has 0 saturated carbocycles. The van der Waals surface area contributed by atoms with E-state index in [9.17, 15) is 18.4 Å². The van der Waals surface area contributed by atoms with Crippen LogP contribution in [0.1, 0.15) is 12.5 Å². The van der Waals surface area contributed by atoms with Crippen molar-refractivity contribution >= 4 is 11.8 Å². The first-order valence-electron chi connectivity index (χ1n) is 8.04. The van der Waals surface area contributed by atoms with E-state index in [0.29, 0.717) is 11.3 Å². The van der Waals surface area contributed by atoms with Crippen LogP contribution in [0, 0.1) is 11.6 Å². The van der Waals surface area contributed by atoms with Crippen LogP contribution in [0.25, 0.3) is 0 Å². The molecule has 26 heavy (non-hydrogen) atoms. The van der Waals surface area contributed by atoms with Crippen molar-refractivity contribution in [3.05, 3.63) is 65.7 Å². The van der Waals surface area contributed by atoms with Gasteiger partial charge >= 0.3 is 0 Å². The number of ether oxygens (including phenoxy) is 1. The van der Waals surface area contributed by atoms with Crippen molar-refractivity contribution in [2.24, 2.45) is 0 Å². The van der Waals surface area contributed by atoms with Crippen LogP contribution in [0.2, 0.25) is 0 Å². The van der Waals surface area contributed by atoms with Crippen LogP contribution >= 0.6 is 0 Å². The lowest BCUT2D eigenvalue weighted by molar-refractivity contribution is -0.142. The van der Waals surface area contributed by atoms with Crippen LogP contribution < -0.4 is 10.1 Å². The van der Waals surface area contributed by atoms with Gasteiger partial charge < -0.3 is 15.0 Å². The molecule has 0 aliphatic carbocycles. The van der Waals surface area contributed by atoms with E-state index in [0.717, 1.165) is 0 Å². The Kier molecular flexibility index (Phi) is 6.66. The first kappa shape index (κ1) is 19.4. The topological polar surface area (TPSA) is 58.6 Å². The maximum atomic E-state index is 13.1. The molecule has 0 radical (unpaired) electrons. The Bertz CT molecular complexity index is 748. The van der Waals surface area contributed by atoms with Crippen LogP contribution in [-0.2, 0) is 16.1 Å². The standard InChI is InChI=1S/C19H20F2N2O3/c1-13(19(25)22-2)23(11-14-3-5-15(20)6-4-14)18(24)12-26-17-9-7-16(21)8-10-17/h3-10,13H,11-12H2,1-2H3,(H,22,25)/t13-/m0/s1. The second kappa shape index (κ2) is 8.94. The average Bonchev–Trinajstić information content (AvgIpc) is 2.65. The predicted molar refractivity (Wildman–Crippen MR) is 92.4 cm³/mol. The molecule has 0 saturated heterocycles. The third-order valence-electron chi connectivity index (χ3n) is 3.86. The van der Waals surface area contributed by atoms with E-state index >= 15 is 0 Å². The highest BCUT2D eigenvalue weighted by molar-refractivity contribution is 5.87. The zero-order valence-electron chi connectivity index (χ0n) is 14.5. The summed E-state index contributed by atoms with van der Waals surface area (Å²) in [5.74, 6) is -1.20. The van der Waals surface area contributed by atoms with Gasteiger partial charge in [-0.25, -0.2) is 8.78 Å². The van der Waals surface area contributed by atoms with Crippen molar-refractivity contribution in [3.63, 3.8) is 0 Å². The second-order valence-electron chi connectivity index (χ2n) is 5.68. The number of rotatable bonds is 7. The van der Waals surface area contributed by atoms with E-state index in [2.05, 4.69) is 5.32 Å². The van der Waals surface area contributed by atoms with Crippen molar-refractivity contribution in [3.8, 4) is 5.75 Å². The maximum absolute atomic E-state index is 13.1. The molecule has 7 heteroatoms. The van der Waals surface area contributed by atoms with Gasteiger partial charge in [-0.3, -0.25) is 9.59 Å². The van der Waals surface area contributed by atoms with Gasteiger partial charge in [0.25, 0.3) is 5.91 Å². The zero-order valence-corrected chi connectivity index (χ0v) is 14.5. The van der Waals surface area contributed by atoms with Crippen LogP contribution in [-0.4, -0.2) is 36.4 Å². The maximum Gasteiger partial charge on any atom is 0.261 e. The van der Waals surface area contributed by atoms with Gasteiger partial charge in [-0.05, 0) is 48.9 Å². The minimum Gasteiger partial charge on any atom is -0.484 e. The van der Waals surface area contributed by atoms with E-state index < -0.39 is 17.8 Å². The van der Waals surface area contributed by atoms with Crippen molar-refractivity contribution in [1.82, 2.24) is 10.2 Å². The van der Waals surface area contributed by atoms with Crippen LogP contribution in [0.5, 0.6) is 5.75 Å². The molecule has 138 valence electrons. The average molecular weight is 362 g/mol. The normalized spacial score (nSPS) is 11.5. The van der Waals surface area contributed by atoms with Crippen molar-refractivity contribution < 1.29 is 23.1 Å². The number of carbonyl (C=O) groups excluding carboxylic acids is 2. The molecule has 0 unspecified atom stereocenters. The molecule has 0 aromatic heterocycles. The zero-order chi connectivity index (χ0) is 19.1. The van der Waals surface area contributed by atoms with Gasteiger partial charge in [0.05, 0.1) is 0 Å². The van der Waals surface area contributed by atoms with Gasteiger partial charge in [0, 0.05) is 13.6 Å². The smallest absolute Gasteiger partial charge is 0.261 e. The van der Waals surface area contributed by atoms with Crippen LogP contribution in [0.4, 0.5) is 8.78 Å². The molecule has 0 spiro atoms. The number of carbonyl (C=O) groups is 2. The second-order valence-corrected chi connectivity index (χ2v) is 5.68. The lowest BCUT2D eigenvalue weighted by Crippen LogP contribution is -2.48. The molecule has 2 aromatic rings. The number of hydrogen-bond acceptors (Lipinski definition) is 3. The molecule has 0 bridgehead atoms. The molecule has 2 aromatic carbocycles. The number of halogens is 2. The quantitative estimate of drug-likeness (QED) is 0.823. The van der Waals surface area contributed by atoms with E-state index in [4.69, 9.17) is 4.74 Å². The van der Waals surface area contributed by atoms with Crippen molar-refractivity contribution in [2.45, 2.75) is 19.5 Å². The molecule has 0 heterocycles. The van der Waals surface area contributed by atoms with E-state index in [1.54, 1.807) is 19.1 Å². The fraction of sp³-hybridized carbons (Fsp3) is 0.263.